The Labute approximate surface area is 85.1 Å². The van der Waals surface area contributed by atoms with Gasteiger partial charge in [-0.2, -0.15) is 0 Å². The van der Waals surface area contributed by atoms with Crippen molar-refractivity contribution in [3.63, 3.8) is 0 Å². The molecule has 1 aromatic rings. The maximum atomic E-state index is 10.8. The zero-order valence-corrected chi connectivity index (χ0v) is 8.21. The predicted octanol–water partition coefficient (Wildman–Crippen LogP) is 0.514. The van der Waals surface area contributed by atoms with Crippen molar-refractivity contribution >= 4 is 18.0 Å². The van der Waals surface area contributed by atoms with Gasteiger partial charge in [0.2, 0.25) is 0 Å². The highest BCUT2D eigenvalue weighted by Crippen LogP contribution is 2.11. The van der Waals surface area contributed by atoms with E-state index in [1.165, 1.54) is 37.1 Å². The lowest BCUT2D eigenvalue weighted by atomic mass is 10.4. The Kier molecular flexibility index (Phi) is 3.17. The van der Waals surface area contributed by atoms with Gasteiger partial charge in [-0.25, -0.2) is 9.36 Å². The van der Waals surface area contributed by atoms with Crippen LogP contribution in [0.4, 0.5) is 5.95 Å². The number of carbonyl (C=O) groups excluding carboxylic acids is 1. The highest BCUT2D eigenvalue weighted by Gasteiger charge is 2.15. The quantitative estimate of drug-likeness (QED) is 0.314. The van der Waals surface area contributed by atoms with E-state index in [1.54, 1.807) is 0 Å². The Bertz CT molecular complexity index is 422. The second-order valence-corrected chi connectivity index (χ2v) is 2.66. The van der Waals surface area contributed by atoms with E-state index < -0.39 is 10.9 Å². The summed E-state index contributed by atoms with van der Waals surface area (Å²) in [6.07, 6.45) is 3.87. The molecule has 7 nitrogen and oxygen atoms in total. The minimum atomic E-state index is -0.602. The second kappa shape index (κ2) is 4.36. The van der Waals surface area contributed by atoms with E-state index in [4.69, 9.17) is 0 Å². The van der Waals surface area contributed by atoms with Crippen molar-refractivity contribution in [2.75, 3.05) is 7.11 Å². The number of nitrogens with zero attached hydrogens (tertiary/aromatic N) is 3. The van der Waals surface area contributed by atoms with Gasteiger partial charge < -0.3 is 14.9 Å². The number of hydrogen-bond acceptors (Lipinski definition) is 5. The first-order valence-electron chi connectivity index (χ1n) is 3.98. The van der Waals surface area contributed by atoms with Crippen molar-refractivity contribution in [1.82, 2.24) is 9.55 Å². The van der Waals surface area contributed by atoms with Crippen molar-refractivity contribution in [3.8, 4) is 0 Å². The lowest BCUT2D eigenvalue weighted by molar-refractivity contribution is -0.396. The summed E-state index contributed by atoms with van der Waals surface area (Å²) in [5, 5.41) is 10.4. The molecule has 0 aromatic carbocycles. The van der Waals surface area contributed by atoms with E-state index in [1.807, 2.05) is 0 Å². The average molecular weight is 211 g/mol. The zero-order valence-electron chi connectivity index (χ0n) is 8.21. The van der Waals surface area contributed by atoms with E-state index >= 15 is 0 Å². The molecule has 0 spiro atoms. The second-order valence-electron chi connectivity index (χ2n) is 2.66. The number of aromatic nitrogens is 2. The first kappa shape index (κ1) is 10.9. The molecule has 15 heavy (non-hydrogen) atoms. The number of esters is 1. The summed E-state index contributed by atoms with van der Waals surface area (Å²) in [5.74, 6) is -0.807. The minimum Gasteiger partial charge on any atom is -0.466 e. The number of carbonyl (C=O) groups is 1. The molecule has 0 unspecified atom stereocenters. The van der Waals surface area contributed by atoms with Crippen LogP contribution in [0, 0.1) is 10.1 Å². The number of nitro groups is 1. The average Bonchev–Trinajstić information content (AvgIpc) is 2.56. The summed E-state index contributed by atoms with van der Waals surface area (Å²) in [4.78, 5) is 24.2. The third-order valence-corrected chi connectivity index (χ3v) is 1.75. The third-order valence-electron chi connectivity index (χ3n) is 1.75. The molecule has 7 heteroatoms. The Morgan fingerprint density at radius 1 is 1.73 bits per heavy atom. The molecule has 0 fully saturated rings. The molecule has 0 saturated carbocycles. The minimum absolute atomic E-state index is 0.278. The van der Waals surface area contributed by atoms with Crippen LogP contribution in [0.2, 0.25) is 0 Å². The molecule has 0 bridgehead atoms. The van der Waals surface area contributed by atoms with Gasteiger partial charge in [-0.1, -0.05) is 4.98 Å². The molecule has 80 valence electrons. The SMILES string of the molecule is COC(=O)C=Cc1cnc([N+](=O)[O-])n1C. The molecule has 0 amide bonds. The van der Waals surface area contributed by atoms with Crippen LogP contribution in [0.3, 0.4) is 0 Å². The van der Waals surface area contributed by atoms with Crippen molar-refractivity contribution in [3.05, 3.63) is 28.1 Å². The van der Waals surface area contributed by atoms with Gasteiger partial charge >= 0.3 is 11.9 Å². The van der Waals surface area contributed by atoms with E-state index in [9.17, 15) is 14.9 Å². The monoisotopic (exact) mass is 211 g/mol. The van der Waals surface area contributed by atoms with E-state index in [0.717, 1.165) is 0 Å². The maximum Gasteiger partial charge on any atom is 0.434 e. The Balaban J connectivity index is 2.93. The zero-order chi connectivity index (χ0) is 11.4. The molecule has 1 rings (SSSR count). The van der Waals surface area contributed by atoms with Crippen LogP contribution in [0.15, 0.2) is 12.3 Å². The maximum absolute atomic E-state index is 10.8. The van der Waals surface area contributed by atoms with Crippen molar-refractivity contribution in [2.24, 2.45) is 7.05 Å². The van der Waals surface area contributed by atoms with E-state index in [-0.39, 0.29) is 5.95 Å². The van der Waals surface area contributed by atoms with Gasteiger partial charge in [-0.3, -0.25) is 0 Å². The van der Waals surface area contributed by atoms with Gasteiger partial charge in [0.1, 0.15) is 11.9 Å². The van der Waals surface area contributed by atoms with E-state index in [0.29, 0.717) is 5.69 Å². The lowest BCUT2D eigenvalue weighted by Gasteiger charge is -1.94. The molecule has 0 aliphatic carbocycles. The topological polar surface area (TPSA) is 87.3 Å². The lowest BCUT2D eigenvalue weighted by Crippen LogP contribution is -2.00. The summed E-state index contributed by atoms with van der Waals surface area (Å²) < 4.78 is 5.64. The van der Waals surface area contributed by atoms with E-state index in [2.05, 4.69) is 9.72 Å². The van der Waals surface area contributed by atoms with Gasteiger partial charge in [0.05, 0.1) is 14.2 Å². The normalized spacial score (nSPS) is 10.5. The standard InChI is InChI=1S/C8H9N3O4/c1-10-6(3-4-7(12)15-2)5-9-8(10)11(13)14/h3-5H,1-2H3. The van der Waals surface area contributed by atoms with Crippen LogP contribution in [0.1, 0.15) is 5.69 Å². The molecular formula is C8H9N3O4. The summed E-state index contributed by atoms with van der Waals surface area (Å²) in [7, 11) is 2.74. The highest BCUT2D eigenvalue weighted by atomic mass is 16.6. The molecule has 0 radical (unpaired) electrons. The van der Waals surface area contributed by atoms with Crippen LogP contribution in [-0.2, 0) is 16.6 Å². The molecule has 0 aliphatic heterocycles. The van der Waals surface area contributed by atoms with Gasteiger partial charge in [-0.05, 0) is 11.0 Å². The fourth-order valence-electron chi connectivity index (χ4n) is 0.958. The number of imidazole rings is 1. The van der Waals surface area contributed by atoms with Crippen LogP contribution in [0.5, 0.6) is 0 Å². The number of ether oxygens (including phenoxy) is 1. The number of methoxy groups -OCH3 is 1. The van der Waals surface area contributed by atoms with Crippen molar-refractivity contribution in [2.45, 2.75) is 0 Å². The summed E-state index contributed by atoms with van der Waals surface area (Å²) in [6.45, 7) is 0. The van der Waals surface area contributed by atoms with Gasteiger partial charge in [0.25, 0.3) is 0 Å². The van der Waals surface area contributed by atoms with Crippen LogP contribution in [-0.4, -0.2) is 27.6 Å². The fraction of sp³-hybridized carbons (Fsp3) is 0.250. The molecule has 1 heterocycles. The molecule has 1 aromatic heterocycles. The van der Waals surface area contributed by atoms with Gasteiger partial charge in [-0.15, -0.1) is 0 Å². The highest BCUT2D eigenvalue weighted by molar-refractivity contribution is 5.86. The van der Waals surface area contributed by atoms with Crippen LogP contribution in [0.25, 0.3) is 6.08 Å². The number of rotatable bonds is 3. The van der Waals surface area contributed by atoms with Crippen LogP contribution < -0.4 is 0 Å². The summed E-state index contributed by atoms with van der Waals surface area (Å²) in [5.41, 5.74) is 0.451. The Morgan fingerprint density at radius 3 is 2.87 bits per heavy atom. The Hall–Kier alpha value is -2.18. The van der Waals surface area contributed by atoms with Crippen molar-refractivity contribution in [1.29, 1.82) is 0 Å². The van der Waals surface area contributed by atoms with Crippen molar-refractivity contribution < 1.29 is 14.5 Å². The third kappa shape index (κ3) is 2.39. The van der Waals surface area contributed by atoms with Crippen LogP contribution >= 0.6 is 0 Å². The predicted molar refractivity (Wildman–Crippen MR) is 50.9 cm³/mol. The van der Waals surface area contributed by atoms with Gasteiger partial charge in [0.15, 0.2) is 0 Å². The number of hydrogen-bond donors (Lipinski definition) is 0. The summed E-state index contributed by atoms with van der Waals surface area (Å²) in [6, 6.07) is 0. The molecule has 0 atom stereocenters. The molecule has 0 aliphatic rings. The summed E-state index contributed by atoms with van der Waals surface area (Å²) >= 11 is 0. The molecule has 0 N–H and O–H groups in total. The molecular weight excluding hydrogens is 202 g/mol. The first-order valence-corrected chi connectivity index (χ1v) is 3.98. The fourth-order valence-corrected chi connectivity index (χ4v) is 0.958. The molecule has 0 saturated heterocycles. The first-order chi connectivity index (χ1) is 7.06. The Morgan fingerprint density at radius 2 is 2.40 bits per heavy atom. The van der Waals surface area contributed by atoms with Gasteiger partial charge in [0, 0.05) is 6.08 Å². The largest absolute Gasteiger partial charge is 0.466 e. The smallest absolute Gasteiger partial charge is 0.434 e.